The van der Waals surface area contributed by atoms with Gasteiger partial charge < -0.3 is 10.4 Å². The lowest BCUT2D eigenvalue weighted by molar-refractivity contribution is 0.0696. The number of anilines is 2. The number of hydrogen-bond donors (Lipinski definition) is 2. The van der Waals surface area contributed by atoms with Crippen LogP contribution in [0, 0.1) is 6.92 Å². The van der Waals surface area contributed by atoms with E-state index in [1.54, 1.807) is 19.1 Å². The van der Waals surface area contributed by atoms with Crippen LogP contribution in [0.4, 0.5) is 11.5 Å². The molecule has 108 valence electrons. The quantitative estimate of drug-likeness (QED) is 0.900. The maximum atomic E-state index is 11.1. The number of aromatic nitrogens is 1. The molecule has 0 amide bonds. The molecule has 2 aromatic rings. The number of nitrogens with zero attached hydrogens (tertiary/aromatic N) is 1. The van der Waals surface area contributed by atoms with E-state index in [9.17, 15) is 4.79 Å². The Hall–Kier alpha value is -2.36. The minimum Gasteiger partial charge on any atom is -0.478 e. The molecule has 1 aliphatic rings. The Morgan fingerprint density at radius 3 is 2.86 bits per heavy atom. The molecule has 0 fully saturated rings. The molecule has 0 spiro atoms. The van der Waals surface area contributed by atoms with Crippen molar-refractivity contribution in [3.8, 4) is 0 Å². The lowest BCUT2D eigenvalue weighted by atomic mass is 9.90. The van der Waals surface area contributed by atoms with Crippen LogP contribution in [0.2, 0.25) is 0 Å². The van der Waals surface area contributed by atoms with Crippen LogP contribution in [0.5, 0.6) is 0 Å². The molecular formula is C17H18N2O2. The summed E-state index contributed by atoms with van der Waals surface area (Å²) in [5, 5.41) is 12.4. The summed E-state index contributed by atoms with van der Waals surface area (Å²) in [4.78, 5) is 15.5. The van der Waals surface area contributed by atoms with E-state index < -0.39 is 5.97 Å². The molecule has 3 rings (SSSR count). The summed E-state index contributed by atoms with van der Waals surface area (Å²) in [7, 11) is 0. The normalized spacial score (nSPS) is 13.6. The molecule has 0 aliphatic heterocycles. The van der Waals surface area contributed by atoms with Gasteiger partial charge in [0.25, 0.3) is 0 Å². The van der Waals surface area contributed by atoms with E-state index in [1.807, 2.05) is 12.1 Å². The summed E-state index contributed by atoms with van der Waals surface area (Å²) in [5.74, 6) is -0.343. The van der Waals surface area contributed by atoms with Gasteiger partial charge in [-0.3, -0.25) is 0 Å². The van der Waals surface area contributed by atoms with Crippen LogP contribution in [0.25, 0.3) is 0 Å². The van der Waals surface area contributed by atoms with Gasteiger partial charge >= 0.3 is 5.97 Å². The second-order valence-electron chi connectivity index (χ2n) is 5.46. The molecule has 4 nitrogen and oxygen atoms in total. The molecule has 2 N–H and O–H groups in total. The SMILES string of the molecule is Cc1cc(C(=O)O)cc(Nc2cccc3c2CCCC3)n1. The predicted octanol–water partition coefficient (Wildman–Crippen LogP) is 3.71. The number of rotatable bonds is 3. The highest BCUT2D eigenvalue weighted by molar-refractivity contribution is 5.88. The largest absolute Gasteiger partial charge is 0.478 e. The minimum absolute atomic E-state index is 0.259. The van der Waals surface area contributed by atoms with E-state index in [2.05, 4.69) is 16.4 Å². The minimum atomic E-state index is -0.932. The van der Waals surface area contributed by atoms with Crippen LogP contribution >= 0.6 is 0 Å². The summed E-state index contributed by atoms with van der Waals surface area (Å²) < 4.78 is 0. The zero-order chi connectivity index (χ0) is 14.8. The van der Waals surface area contributed by atoms with Crippen molar-refractivity contribution in [2.45, 2.75) is 32.6 Å². The van der Waals surface area contributed by atoms with Gasteiger partial charge in [0.05, 0.1) is 5.56 Å². The monoisotopic (exact) mass is 282 g/mol. The first-order chi connectivity index (χ1) is 10.1. The fourth-order valence-electron chi connectivity index (χ4n) is 2.89. The molecule has 21 heavy (non-hydrogen) atoms. The lowest BCUT2D eigenvalue weighted by Gasteiger charge is -2.20. The van der Waals surface area contributed by atoms with Crippen LogP contribution in [0.15, 0.2) is 30.3 Å². The van der Waals surface area contributed by atoms with Crippen molar-refractivity contribution in [2.24, 2.45) is 0 Å². The summed E-state index contributed by atoms with van der Waals surface area (Å²) in [6, 6.07) is 9.41. The Bertz CT molecular complexity index is 695. The average Bonchev–Trinajstić information content (AvgIpc) is 2.47. The fourth-order valence-corrected chi connectivity index (χ4v) is 2.89. The van der Waals surface area contributed by atoms with Gasteiger partial charge in [0, 0.05) is 11.4 Å². The summed E-state index contributed by atoms with van der Waals surface area (Å²) in [6.07, 6.45) is 4.62. The standard InChI is InChI=1S/C17H18N2O2/c1-11-9-13(17(20)21)10-16(18-11)19-15-8-4-6-12-5-2-3-7-14(12)15/h4,6,8-10H,2-3,5,7H2,1H3,(H,18,19)(H,20,21). The first-order valence-electron chi connectivity index (χ1n) is 7.23. The maximum absolute atomic E-state index is 11.1. The van der Waals surface area contributed by atoms with Crippen molar-refractivity contribution >= 4 is 17.5 Å². The summed E-state index contributed by atoms with van der Waals surface area (Å²) in [6.45, 7) is 1.80. The number of hydrogen-bond acceptors (Lipinski definition) is 3. The van der Waals surface area contributed by atoms with Crippen molar-refractivity contribution in [1.82, 2.24) is 4.98 Å². The third-order valence-corrected chi connectivity index (χ3v) is 3.86. The number of benzene rings is 1. The van der Waals surface area contributed by atoms with E-state index in [4.69, 9.17) is 5.11 Å². The molecule has 0 saturated carbocycles. The van der Waals surface area contributed by atoms with Crippen molar-refractivity contribution in [2.75, 3.05) is 5.32 Å². The van der Waals surface area contributed by atoms with Gasteiger partial charge in [0.1, 0.15) is 5.82 Å². The number of carboxylic acids is 1. The Kier molecular flexibility index (Phi) is 3.60. The van der Waals surface area contributed by atoms with Gasteiger partial charge in [-0.2, -0.15) is 0 Å². The van der Waals surface area contributed by atoms with Crippen molar-refractivity contribution in [1.29, 1.82) is 0 Å². The number of carboxylic acid groups (broad SMARTS) is 1. The number of aryl methyl sites for hydroxylation is 2. The highest BCUT2D eigenvalue weighted by Gasteiger charge is 2.14. The zero-order valence-corrected chi connectivity index (χ0v) is 12.0. The lowest BCUT2D eigenvalue weighted by Crippen LogP contribution is -2.07. The van der Waals surface area contributed by atoms with Crippen LogP contribution in [-0.2, 0) is 12.8 Å². The predicted molar refractivity (Wildman–Crippen MR) is 82.3 cm³/mol. The summed E-state index contributed by atoms with van der Waals surface area (Å²) in [5.41, 5.74) is 4.72. The Morgan fingerprint density at radius 2 is 2.05 bits per heavy atom. The molecule has 1 aromatic carbocycles. The van der Waals surface area contributed by atoms with Gasteiger partial charge in [0.15, 0.2) is 0 Å². The Balaban J connectivity index is 1.95. The topological polar surface area (TPSA) is 62.2 Å². The van der Waals surface area contributed by atoms with E-state index >= 15 is 0 Å². The molecule has 4 heteroatoms. The van der Waals surface area contributed by atoms with Crippen LogP contribution < -0.4 is 5.32 Å². The van der Waals surface area contributed by atoms with Crippen molar-refractivity contribution in [3.05, 3.63) is 52.7 Å². The van der Waals surface area contributed by atoms with E-state index in [-0.39, 0.29) is 5.56 Å². The van der Waals surface area contributed by atoms with Crippen molar-refractivity contribution in [3.63, 3.8) is 0 Å². The first-order valence-corrected chi connectivity index (χ1v) is 7.23. The Morgan fingerprint density at radius 1 is 1.24 bits per heavy atom. The van der Waals surface area contributed by atoms with Gasteiger partial charge in [-0.05, 0) is 61.9 Å². The van der Waals surface area contributed by atoms with Crippen LogP contribution in [0.3, 0.4) is 0 Å². The fraction of sp³-hybridized carbons (Fsp3) is 0.294. The second kappa shape index (κ2) is 5.56. The van der Waals surface area contributed by atoms with Crippen molar-refractivity contribution < 1.29 is 9.90 Å². The zero-order valence-electron chi connectivity index (χ0n) is 12.0. The molecular weight excluding hydrogens is 264 g/mol. The van der Waals surface area contributed by atoms with Gasteiger partial charge in [-0.15, -0.1) is 0 Å². The van der Waals surface area contributed by atoms with Crippen LogP contribution in [-0.4, -0.2) is 16.1 Å². The molecule has 0 saturated heterocycles. The van der Waals surface area contributed by atoms with Gasteiger partial charge in [-0.25, -0.2) is 9.78 Å². The number of pyridine rings is 1. The molecule has 0 unspecified atom stereocenters. The van der Waals surface area contributed by atoms with E-state index in [0.29, 0.717) is 11.5 Å². The highest BCUT2D eigenvalue weighted by Crippen LogP contribution is 2.29. The maximum Gasteiger partial charge on any atom is 0.335 e. The number of fused-ring (bicyclic) bond motifs is 1. The van der Waals surface area contributed by atoms with Gasteiger partial charge in [-0.1, -0.05) is 12.1 Å². The molecule has 0 radical (unpaired) electrons. The van der Waals surface area contributed by atoms with E-state index in [0.717, 1.165) is 18.5 Å². The number of nitrogens with one attached hydrogen (secondary N) is 1. The third-order valence-electron chi connectivity index (χ3n) is 3.86. The first kappa shape index (κ1) is 13.6. The third kappa shape index (κ3) is 2.89. The molecule has 0 atom stereocenters. The molecule has 1 aromatic heterocycles. The Labute approximate surface area is 123 Å². The molecule has 1 heterocycles. The highest BCUT2D eigenvalue weighted by atomic mass is 16.4. The van der Waals surface area contributed by atoms with Gasteiger partial charge in [0.2, 0.25) is 0 Å². The number of carbonyl (C=O) groups is 1. The smallest absolute Gasteiger partial charge is 0.335 e. The second-order valence-corrected chi connectivity index (χ2v) is 5.46. The molecule has 0 bridgehead atoms. The summed E-state index contributed by atoms with van der Waals surface area (Å²) >= 11 is 0. The number of aromatic carboxylic acids is 1. The van der Waals surface area contributed by atoms with E-state index in [1.165, 1.54) is 24.0 Å². The van der Waals surface area contributed by atoms with Crippen LogP contribution in [0.1, 0.15) is 40.0 Å². The molecule has 1 aliphatic carbocycles. The average molecular weight is 282 g/mol.